The van der Waals surface area contributed by atoms with E-state index in [4.69, 9.17) is 9.84 Å². The second-order valence-corrected chi connectivity index (χ2v) is 11.7. The first-order valence-corrected chi connectivity index (χ1v) is 11.8. The van der Waals surface area contributed by atoms with Crippen molar-refractivity contribution >= 4 is 8.07 Å². The van der Waals surface area contributed by atoms with Crippen molar-refractivity contribution in [3.05, 3.63) is 66.5 Å². The molecule has 0 fully saturated rings. The Bertz CT molecular complexity index is 911. The zero-order chi connectivity index (χ0) is 17.9. The van der Waals surface area contributed by atoms with Gasteiger partial charge in [0.15, 0.2) is 0 Å². The smallest absolute Gasteiger partial charge is 0.142 e. The van der Waals surface area contributed by atoms with Crippen LogP contribution in [0.1, 0.15) is 5.69 Å². The molecule has 0 aliphatic carbocycles. The molecule has 0 bridgehead atoms. The van der Waals surface area contributed by atoms with Gasteiger partial charge in [-0.05, 0) is 29.8 Å². The van der Waals surface area contributed by atoms with Gasteiger partial charge in [-0.25, -0.2) is 4.68 Å². The largest absolute Gasteiger partial charge is 0.497 e. The predicted molar refractivity (Wildman–Crippen MR) is 106 cm³/mol. The van der Waals surface area contributed by atoms with E-state index in [1.807, 2.05) is 53.3 Å². The molecule has 3 aromatic rings. The molecule has 2 aromatic carbocycles. The SMILES string of the molecule is COc1ccc(-n2cc(-c3ccccc3)c(C#C[Si](C)(C)C)n2)cc1. The van der Waals surface area contributed by atoms with Gasteiger partial charge in [0, 0.05) is 11.8 Å². The maximum absolute atomic E-state index is 5.23. The highest BCUT2D eigenvalue weighted by Crippen LogP contribution is 2.24. The van der Waals surface area contributed by atoms with Crippen LogP contribution in [0.2, 0.25) is 19.6 Å². The van der Waals surface area contributed by atoms with Crippen molar-refractivity contribution in [3.8, 4) is 34.0 Å². The molecule has 3 nitrogen and oxygen atoms in total. The van der Waals surface area contributed by atoms with E-state index in [0.717, 1.165) is 28.3 Å². The van der Waals surface area contributed by atoms with Gasteiger partial charge in [-0.3, -0.25) is 0 Å². The normalized spacial score (nSPS) is 10.9. The maximum Gasteiger partial charge on any atom is 0.142 e. The molecular formula is C21H22N2OSi. The average molecular weight is 347 g/mol. The lowest BCUT2D eigenvalue weighted by Gasteiger charge is -2.03. The standard InChI is InChI=1S/C21H22N2OSi/c1-24-19-12-10-18(11-13-19)23-16-20(17-8-6-5-7-9-17)21(22-23)14-15-25(2,3)4/h5-13,16H,1-4H3. The van der Waals surface area contributed by atoms with E-state index in [2.05, 4.69) is 43.2 Å². The van der Waals surface area contributed by atoms with E-state index in [1.54, 1.807) is 7.11 Å². The van der Waals surface area contributed by atoms with E-state index in [9.17, 15) is 0 Å². The fraction of sp³-hybridized carbons (Fsp3) is 0.190. The number of hydrogen-bond acceptors (Lipinski definition) is 2. The van der Waals surface area contributed by atoms with E-state index < -0.39 is 8.07 Å². The second-order valence-electron chi connectivity index (χ2n) is 6.90. The van der Waals surface area contributed by atoms with Crippen LogP contribution in [-0.2, 0) is 0 Å². The molecule has 0 radical (unpaired) electrons. The third-order valence-corrected chi connectivity index (χ3v) is 4.57. The lowest BCUT2D eigenvalue weighted by molar-refractivity contribution is 0.414. The molecule has 0 spiro atoms. The monoisotopic (exact) mass is 346 g/mol. The van der Waals surface area contributed by atoms with Crippen molar-refractivity contribution in [2.45, 2.75) is 19.6 Å². The van der Waals surface area contributed by atoms with Gasteiger partial charge in [-0.2, -0.15) is 5.10 Å². The minimum Gasteiger partial charge on any atom is -0.497 e. The highest BCUT2D eigenvalue weighted by molar-refractivity contribution is 6.83. The molecule has 0 N–H and O–H groups in total. The summed E-state index contributed by atoms with van der Waals surface area (Å²) in [5.41, 5.74) is 7.42. The molecule has 0 aliphatic rings. The van der Waals surface area contributed by atoms with E-state index >= 15 is 0 Å². The van der Waals surface area contributed by atoms with Crippen molar-refractivity contribution in [1.82, 2.24) is 9.78 Å². The summed E-state index contributed by atoms with van der Waals surface area (Å²) >= 11 is 0. The van der Waals surface area contributed by atoms with Crippen LogP contribution in [-0.4, -0.2) is 25.0 Å². The van der Waals surface area contributed by atoms with Gasteiger partial charge in [-0.15, -0.1) is 5.54 Å². The zero-order valence-corrected chi connectivity index (χ0v) is 16.1. The summed E-state index contributed by atoms with van der Waals surface area (Å²) in [6, 6.07) is 18.1. The minimum absolute atomic E-state index is 0.824. The van der Waals surface area contributed by atoms with Crippen LogP contribution >= 0.6 is 0 Å². The molecule has 0 atom stereocenters. The molecule has 126 valence electrons. The summed E-state index contributed by atoms with van der Waals surface area (Å²) in [6.07, 6.45) is 2.05. The van der Waals surface area contributed by atoms with Crippen molar-refractivity contribution < 1.29 is 4.74 Å². The number of methoxy groups -OCH3 is 1. The Morgan fingerprint density at radius 2 is 1.64 bits per heavy atom. The highest BCUT2D eigenvalue weighted by Gasteiger charge is 2.12. The Balaban J connectivity index is 2.08. The molecule has 0 saturated carbocycles. The van der Waals surface area contributed by atoms with Gasteiger partial charge >= 0.3 is 0 Å². The molecule has 1 heterocycles. The highest BCUT2D eigenvalue weighted by atomic mass is 28.3. The molecular weight excluding hydrogens is 324 g/mol. The van der Waals surface area contributed by atoms with Gasteiger partial charge in [0.25, 0.3) is 0 Å². The Hall–Kier alpha value is -2.77. The molecule has 0 aliphatic heterocycles. The third-order valence-electron chi connectivity index (χ3n) is 3.69. The molecule has 25 heavy (non-hydrogen) atoms. The summed E-state index contributed by atoms with van der Waals surface area (Å²) in [7, 11) is 0.194. The number of aromatic nitrogens is 2. The van der Waals surface area contributed by atoms with E-state index in [-0.39, 0.29) is 0 Å². The van der Waals surface area contributed by atoms with Gasteiger partial charge in [0.1, 0.15) is 19.5 Å². The Morgan fingerprint density at radius 1 is 0.960 bits per heavy atom. The first-order chi connectivity index (χ1) is 12.0. The van der Waals surface area contributed by atoms with Gasteiger partial charge < -0.3 is 4.74 Å². The van der Waals surface area contributed by atoms with Crippen LogP contribution in [0.25, 0.3) is 16.8 Å². The van der Waals surface area contributed by atoms with Crippen molar-refractivity contribution in [2.75, 3.05) is 7.11 Å². The minimum atomic E-state index is -1.47. The topological polar surface area (TPSA) is 27.1 Å². The van der Waals surface area contributed by atoms with Crippen LogP contribution in [0, 0.1) is 11.5 Å². The van der Waals surface area contributed by atoms with Crippen LogP contribution in [0.15, 0.2) is 60.8 Å². The Labute approximate surface area is 150 Å². The van der Waals surface area contributed by atoms with Crippen LogP contribution < -0.4 is 4.74 Å². The lowest BCUT2D eigenvalue weighted by atomic mass is 10.1. The quantitative estimate of drug-likeness (QED) is 0.504. The molecule has 0 amide bonds. The second kappa shape index (κ2) is 7.00. The summed E-state index contributed by atoms with van der Waals surface area (Å²) in [4.78, 5) is 0. The molecule has 0 unspecified atom stereocenters. The van der Waals surface area contributed by atoms with E-state index in [1.165, 1.54) is 0 Å². The molecule has 3 rings (SSSR count). The lowest BCUT2D eigenvalue weighted by Crippen LogP contribution is -2.16. The fourth-order valence-corrected chi connectivity index (χ4v) is 2.90. The number of rotatable bonds is 3. The number of hydrogen-bond donors (Lipinski definition) is 0. The first kappa shape index (κ1) is 17.1. The van der Waals surface area contributed by atoms with Crippen LogP contribution in [0.5, 0.6) is 5.75 Å². The maximum atomic E-state index is 5.23. The van der Waals surface area contributed by atoms with Crippen LogP contribution in [0.4, 0.5) is 0 Å². The van der Waals surface area contributed by atoms with Crippen molar-refractivity contribution in [1.29, 1.82) is 0 Å². The number of nitrogens with zero attached hydrogens (tertiary/aromatic N) is 2. The average Bonchev–Trinajstić information content (AvgIpc) is 3.04. The van der Waals surface area contributed by atoms with Crippen molar-refractivity contribution in [3.63, 3.8) is 0 Å². The third kappa shape index (κ3) is 4.20. The van der Waals surface area contributed by atoms with Gasteiger partial charge in [-0.1, -0.05) is 55.9 Å². The summed E-state index contributed by atoms with van der Waals surface area (Å²) < 4.78 is 7.12. The zero-order valence-electron chi connectivity index (χ0n) is 15.1. The Kier molecular flexibility index (Phi) is 4.78. The molecule has 1 aromatic heterocycles. The van der Waals surface area contributed by atoms with Crippen LogP contribution in [0.3, 0.4) is 0 Å². The molecule has 4 heteroatoms. The summed E-state index contributed by atoms with van der Waals surface area (Å²) in [5.74, 6) is 4.15. The number of ether oxygens (including phenoxy) is 1. The van der Waals surface area contributed by atoms with Crippen molar-refractivity contribution in [2.24, 2.45) is 0 Å². The van der Waals surface area contributed by atoms with E-state index in [0.29, 0.717) is 0 Å². The Morgan fingerprint density at radius 3 is 2.24 bits per heavy atom. The first-order valence-electron chi connectivity index (χ1n) is 8.29. The number of benzene rings is 2. The van der Waals surface area contributed by atoms with Gasteiger partial charge in [0.05, 0.1) is 12.8 Å². The fourth-order valence-electron chi connectivity index (χ4n) is 2.41. The predicted octanol–water partition coefficient (Wildman–Crippen LogP) is 4.78. The summed E-state index contributed by atoms with van der Waals surface area (Å²) in [6.45, 7) is 6.72. The van der Waals surface area contributed by atoms with Gasteiger partial charge in [0.2, 0.25) is 0 Å². The summed E-state index contributed by atoms with van der Waals surface area (Å²) in [5, 5.41) is 4.74. The molecule has 0 saturated heterocycles.